The van der Waals surface area contributed by atoms with Crippen molar-refractivity contribution in [2.45, 2.75) is 31.8 Å². The van der Waals surface area contributed by atoms with E-state index >= 15 is 0 Å². The third kappa shape index (κ3) is 4.28. The number of rotatable bonds is 6. The smallest absolute Gasteiger partial charge is 0.0234 e. The number of likely N-dealkylation sites (tertiary alicyclic amines) is 1. The standard InChI is InChI=1S/C16H24N2/c1-2-3-11-17-16-10-7-12-18(14-16)13-15-8-5-4-6-9-15/h2,4-6,8-9,16-17H,1,3,7,10-14H2. The second-order valence-electron chi connectivity index (χ2n) is 5.09. The van der Waals surface area contributed by atoms with Gasteiger partial charge in [0, 0.05) is 19.1 Å². The summed E-state index contributed by atoms with van der Waals surface area (Å²) in [6, 6.07) is 11.4. The molecule has 1 N–H and O–H groups in total. The third-order valence-corrected chi connectivity index (χ3v) is 3.54. The zero-order chi connectivity index (χ0) is 12.6. The van der Waals surface area contributed by atoms with E-state index in [0.29, 0.717) is 6.04 Å². The highest BCUT2D eigenvalue weighted by atomic mass is 15.2. The Bertz CT molecular complexity index is 347. The predicted molar refractivity (Wildman–Crippen MR) is 77.6 cm³/mol. The number of nitrogens with one attached hydrogen (secondary N) is 1. The van der Waals surface area contributed by atoms with Crippen LogP contribution in [0.15, 0.2) is 43.0 Å². The van der Waals surface area contributed by atoms with E-state index in [2.05, 4.69) is 47.1 Å². The summed E-state index contributed by atoms with van der Waals surface area (Å²) in [4.78, 5) is 2.56. The predicted octanol–water partition coefficient (Wildman–Crippen LogP) is 2.82. The molecule has 18 heavy (non-hydrogen) atoms. The Morgan fingerprint density at radius 1 is 1.33 bits per heavy atom. The Balaban J connectivity index is 1.78. The highest BCUT2D eigenvalue weighted by molar-refractivity contribution is 5.14. The van der Waals surface area contributed by atoms with Crippen LogP contribution in [-0.4, -0.2) is 30.6 Å². The van der Waals surface area contributed by atoms with E-state index < -0.39 is 0 Å². The lowest BCUT2D eigenvalue weighted by molar-refractivity contribution is 0.184. The van der Waals surface area contributed by atoms with Gasteiger partial charge in [-0.25, -0.2) is 0 Å². The number of nitrogens with zero attached hydrogens (tertiary/aromatic N) is 1. The first-order chi connectivity index (χ1) is 8.88. The fourth-order valence-corrected chi connectivity index (χ4v) is 2.60. The molecule has 1 unspecified atom stereocenters. The molecule has 1 aromatic rings. The molecule has 2 nitrogen and oxygen atoms in total. The first kappa shape index (κ1) is 13.3. The molecule has 0 bridgehead atoms. The minimum Gasteiger partial charge on any atom is -0.312 e. The molecule has 1 aromatic carbocycles. The quantitative estimate of drug-likeness (QED) is 0.611. The van der Waals surface area contributed by atoms with Gasteiger partial charge in [-0.3, -0.25) is 4.90 Å². The summed E-state index contributed by atoms with van der Waals surface area (Å²) in [7, 11) is 0. The highest BCUT2D eigenvalue weighted by Gasteiger charge is 2.18. The largest absolute Gasteiger partial charge is 0.312 e. The normalized spacial score (nSPS) is 20.8. The summed E-state index contributed by atoms with van der Waals surface area (Å²) in [6.45, 7) is 8.31. The van der Waals surface area contributed by atoms with Crippen LogP contribution in [0, 0.1) is 0 Å². The van der Waals surface area contributed by atoms with Crippen LogP contribution < -0.4 is 5.32 Å². The van der Waals surface area contributed by atoms with Crippen molar-refractivity contribution in [1.29, 1.82) is 0 Å². The van der Waals surface area contributed by atoms with Crippen molar-refractivity contribution in [3.05, 3.63) is 48.6 Å². The van der Waals surface area contributed by atoms with Crippen molar-refractivity contribution in [3.63, 3.8) is 0 Å². The molecule has 98 valence electrons. The van der Waals surface area contributed by atoms with E-state index in [0.717, 1.165) is 19.5 Å². The maximum absolute atomic E-state index is 3.76. The molecule has 2 heteroatoms. The maximum atomic E-state index is 3.76. The van der Waals surface area contributed by atoms with Crippen LogP contribution in [0.2, 0.25) is 0 Å². The summed E-state index contributed by atoms with van der Waals surface area (Å²) >= 11 is 0. The van der Waals surface area contributed by atoms with Gasteiger partial charge in [0.2, 0.25) is 0 Å². The first-order valence-corrected chi connectivity index (χ1v) is 6.99. The monoisotopic (exact) mass is 244 g/mol. The molecule has 0 aliphatic carbocycles. The topological polar surface area (TPSA) is 15.3 Å². The van der Waals surface area contributed by atoms with E-state index in [1.807, 2.05) is 6.08 Å². The first-order valence-electron chi connectivity index (χ1n) is 6.99. The zero-order valence-electron chi connectivity index (χ0n) is 11.1. The van der Waals surface area contributed by atoms with E-state index in [-0.39, 0.29) is 0 Å². The second-order valence-corrected chi connectivity index (χ2v) is 5.09. The van der Waals surface area contributed by atoms with Gasteiger partial charge in [-0.05, 0) is 37.9 Å². The van der Waals surface area contributed by atoms with E-state index in [1.165, 1.54) is 31.5 Å². The average Bonchev–Trinajstić information content (AvgIpc) is 2.41. The van der Waals surface area contributed by atoms with Crippen molar-refractivity contribution < 1.29 is 0 Å². The van der Waals surface area contributed by atoms with E-state index in [9.17, 15) is 0 Å². The number of hydrogen-bond acceptors (Lipinski definition) is 2. The lowest BCUT2D eigenvalue weighted by Gasteiger charge is -2.33. The van der Waals surface area contributed by atoms with Crippen molar-refractivity contribution in [2.75, 3.05) is 19.6 Å². The van der Waals surface area contributed by atoms with Crippen LogP contribution in [0.5, 0.6) is 0 Å². The molecule has 2 rings (SSSR count). The van der Waals surface area contributed by atoms with E-state index in [4.69, 9.17) is 0 Å². The molecule has 1 aliphatic heterocycles. The summed E-state index contributed by atoms with van der Waals surface area (Å²) in [5, 5.41) is 3.63. The molecule has 0 aromatic heterocycles. The summed E-state index contributed by atoms with van der Waals surface area (Å²) in [5.74, 6) is 0. The molecule has 1 aliphatic rings. The van der Waals surface area contributed by atoms with Gasteiger partial charge in [-0.1, -0.05) is 36.4 Å². The SMILES string of the molecule is C=CCCNC1CCCN(Cc2ccccc2)C1. The lowest BCUT2D eigenvalue weighted by atomic mass is 10.0. The molecule has 1 atom stereocenters. The molecular weight excluding hydrogens is 220 g/mol. The zero-order valence-corrected chi connectivity index (χ0v) is 11.1. The summed E-state index contributed by atoms with van der Waals surface area (Å²) < 4.78 is 0. The van der Waals surface area contributed by atoms with Gasteiger partial charge < -0.3 is 5.32 Å². The Hall–Kier alpha value is -1.12. The van der Waals surface area contributed by atoms with Crippen molar-refractivity contribution in [1.82, 2.24) is 10.2 Å². The molecule has 0 saturated carbocycles. The van der Waals surface area contributed by atoms with Gasteiger partial charge >= 0.3 is 0 Å². The Morgan fingerprint density at radius 2 is 2.17 bits per heavy atom. The van der Waals surface area contributed by atoms with Crippen LogP contribution in [0.3, 0.4) is 0 Å². The van der Waals surface area contributed by atoms with Gasteiger partial charge in [-0.15, -0.1) is 6.58 Å². The minimum absolute atomic E-state index is 0.655. The molecule has 0 radical (unpaired) electrons. The van der Waals surface area contributed by atoms with Gasteiger partial charge in [-0.2, -0.15) is 0 Å². The third-order valence-electron chi connectivity index (χ3n) is 3.54. The fourth-order valence-electron chi connectivity index (χ4n) is 2.60. The molecule has 0 spiro atoms. The molecule has 1 heterocycles. The maximum Gasteiger partial charge on any atom is 0.0234 e. The highest BCUT2D eigenvalue weighted by Crippen LogP contribution is 2.13. The second kappa shape index (κ2) is 7.34. The van der Waals surface area contributed by atoms with Crippen molar-refractivity contribution >= 4 is 0 Å². The molecular formula is C16H24N2. The lowest BCUT2D eigenvalue weighted by Crippen LogP contribution is -2.45. The van der Waals surface area contributed by atoms with Crippen molar-refractivity contribution in [2.24, 2.45) is 0 Å². The van der Waals surface area contributed by atoms with Gasteiger partial charge in [0.05, 0.1) is 0 Å². The number of piperidine rings is 1. The van der Waals surface area contributed by atoms with Gasteiger partial charge in [0.1, 0.15) is 0 Å². The van der Waals surface area contributed by atoms with Crippen LogP contribution in [0.1, 0.15) is 24.8 Å². The van der Waals surface area contributed by atoms with Crippen LogP contribution in [-0.2, 0) is 6.54 Å². The number of benzene rings is 1. The summed E-state index contributed by atoms with van der Waals surface area (Å²) in [6.07, 6.45) is 5.66. The van der Waals surface area contributed by atoms with Gasteiger partial charge in [0.25, 0.3) is 0 Å². The van der Waals surface area contributed by atoms with Crippen LogP contribution in [0.25, 0.3) is 0 Å². The number of hydrogen-bond donors (Lipinski definition) is 1. The van der Waals surface area contributed by atoms with Crippen LogP contribution in [0.4, 0.5) is 0 Å². The molecule has 0 amide bonds. The Morgan fingerprint density at radius 3 is 2.94 bits per heavy atom. The average molecular weight is 244 g/mol. The van der Waals surface area contributed by atoms with E-state index in [1.54, 1.807) is 0 Å². The van der Waals surface area contributed by atoms with Crippen LogP contribution >= 0.6 is 0 Å². The fraction of sp³-hybridized carbons (Fsp3) is 0.500. The van der Waals surface area contributed by atoms with Gasteiger partial charge in [0.15, 0.2) is 0 Å². The Labute approximate surface area is 111 Å². The minimum atomic E-state index is 0.655. The summed E-state index contributed by atoms with van der Waals surface area (Å²) in [5.41, 5.74) is 1.42. The molecule has 1 saturated heterocycles. The molecule has 1 fully saturated rings. The van der Waals surface area contributed by atoms with Crippen molar-refractivity contribution in [3.8, 4) is 0 Å². The Kier molecular flexibility index (Phi) is 5.43.